The van der Waals surface area contributed by atoms with Gasteiger partial charge in [-0.3, -0.25) is 9.52 Å². The van der Waals surface area contributed by atoms with Crippen LogP contribution in [0.25, 0.3) is 11.0 Å². The Hall–Kier alpha value is -3.65. The molecule has 0 aliphatic carbocycles. The van der Waals surface area contributed by atoms with Crippen molar-refractivity contribution in [2.24, 2.45) is 0 Å². The molecule has 0 spiro atoms. The summed E-state index contributed by atoms with van der Waals surface area (Å²) in [5, 5.41) is 2.92. The summed E-state index contributed by atoms with van der Waals surface area (Å²) in [6.07, 6.45) is 0.721. The zero-order valence-corrected chi connectivity index (χ0v) is 20.3. The van der Waals surface area contributed by atoms with Gasteiger partial charge in [0.25, 0.3) is 15.9 Å². The molecule has 0 bridgehead atoms. The van der Waals surface area contributed by atoms with Crippen LogP contribution >= 0.6 is 0 Å². The van der Waals surface area contributed by atoms with Crippen LogP contribution in [-0.2, 0) is 16.6 Å². The van der Waals surface area contributed by atoms with E-state index in [1.54, 1.807) is 31.2 Å². The van der Waals surface area contributed by atoms with Gasteiger partial charge in [-0.05, 0) is 74.7 Å². The molecule has 0 radical (unpaired) electrons. The van der Waals surface area contributed by atoms with Crippen molar-refractivity contribution in [1.29, 1.82) is 0 Å². The number of imidazole rings is 1. The van der Waals surface area contributed by atoms with Crippen LogP contribution in [0.2, 0.25) is 0 Å². The fraction of sp³-hybridized carbons (Fsp3) is 0.231. The summed E-state index contributed by atoms with van der Waals surface area (Å²) in [5.41, 5.74) is 4.51. The molecule has 176 valence electrons. The highest BCUT2D eigenvalue weighted by Gasteiger charge is 2.18. The maximum atomic E-state index is 12.9. The Balaban J connectivity index is 1.42. The molecule has 0 saturated carbocycles. The molecule has 0 aliphatic rings. The van der Waals surface area contributed by atoms with Crippen LogP contribution in [0.4, 0.5) is 5.69 Å². The molecule has 4 aromatic rings. The van der Waals surface area contributed by atoms with E-state index in [1.165, 1.54) is 12.1 Å². The molecule has 34 heavy (non-hydrogen) atoms. The summed E-state index contributed by atoms with van der Waals surface area (Å²) in [4.78, 5) is 17.5. The van der Waals surface area contributed by atoms with E-state index in [-0.39, 0.29) is 10.8 Å². The first kappa shape index (κ1) is 23.5. The van der Waals surface area contributed by atoms with Gasteiger partial charge in [0.15, 0.2) is 0 Å². The molecule has 2 N–H and O–H groups in total. The third-order valence-corrected chi connectivity index (χ3v) is 7.10. The lowest BCUT2D eigenvalue weighted by molar-refractivity contribution is 0.0952. The lowest BCUT2D eigenvalue weighted by atomic mass is 10.1. The smallest absolute Gasteiger partial charge is 0.261 e. The number of anilines is 1. The summed E-state index contributed by atoms with van der Waals surface area (Å²) in [6.45, 7) is 6.84. The Kier molecular flexibility index (Phi) is 6.70. The van der Waals surface area contributed by atoms with Gasteiger partial charge in [0.1, 0.15) is 5.82 Å². The zero-order valence-electron chi connectivity index (χ0n) is 19.5. The van der Waals surface area contributed by atoms with Crippen molar-refractivity contribution in [2.75, 3.05) is 11.3 Å². The predicted molar refractivity (Wildman–Crippen MR) is 135 cm³/mol. The largest absolute Gasteiger partial charge is 0.352 e. The number of nitrogens with zero attached hydrogens (tertiary/aromatic N) is 2. The fourth-order valence-corrected chi connectivity index (χ4v) is 5.02. The van der Waals surface area contributed by atoms with Crippen LogP contribution in [0.3, 0.4) is 0 Å². The minimum absolute atomic E-state index is 0.0465. The van der Waals surface area contributed by atoms with E-state index >= 15 is 0 Å². The van der Waals surface area contributed by atoms with Gasteiger partial charge in [-0.2, -0.15) is 0 Å². The fourth-order valence-electron chi connectivity index (χ4n) is 3.95. The van der Waals surface area contributed by atoms with Crippen molar-refractivity contribution in [1.82, 2.24) is 14.9 Å². The van der Waals surface area contributed by atoms with Crippen molar-refractivity contribution in [3.8, 4) is 0 Å². The van der Waals surface area contributed by atoms with E-state index < -0.39 is 10.0 Å². The highest BCUT2D eigenvalue weighted by atomic mass is 32.2. The second kappa shape index (κ2) is 9.69. The van der Waals surface area contributed by atoms with Crippen LogP contribution in [0, 0.1) is 20.8 Å². The maximum Gasteiger partial charge on any atom is 0.261 e. The second-order valence-corrected chi connectivity index (χ2v) is 10.0. The topological polar surface area (TPSA) is 93.1 Å². The number of aryl methyl sites for hydroxylation is 4. The summed E-state index contributed by atoms with van der Waals surface area (Å²) in [6, 6.07) is 19.7. The van der Waals surface area contributed by atoms with Crippen molar-refractivity contribution < 1.29 is 13.2 Å². The van der Waals surface area contributed by atoms with E-state index in [2.05, 4.69) is 19.6 Å². The third kappa shape index (κ3) is 5.12. The van der Waals surface area contributed by atoms with E-state index in [0.29, 0.717) is 23.4 Å². The summed E-state index contributed by atoms with van der Waals surface area (Å²) in [5.74, 6) is 0.639. The highest BCUT2D eigenvalue weighted by molar-refractivity contribution is 7.92. The first-order valence-electron chi connectivity index (χ1n) is 11.1. The van der Waals surface area contributed by atoms with E-state index in [9.17, 15) is 13.2 Å². The lowest BCUT2D eigenvalue weighted by Gasteiger charge is -2.12. The van der Waals surface area contributed by atoms with Crippen LogP contribution in [0.15, 0.2) is 71.6 Å². The van der Waals surface area contributed by atoms with Gasteiger partial charge < -0.3 is 9.88 Å². The van der Waals surface area contributed by atoms with Crippen molar-refractivity contribution in [3.63, 3.8) is 0 Å². The number of para-hydroxylation sites is 2. The number of benzene rings is 3. The van der Waals surface area contributed by atoms with Gasteiger partial charge in [0, 0.05) is 24.3 Å². The standard InChI is InChI=1S/C26H28N4O3S/c1-18-8-6-9-21(16-18)29-34(32,33)22-13-12-19(2)23(17-22)26(31)27-14-7-15-30-20(3)28-24-10-4-5-11-25(24)30/h4-6,8-13,16-17,29H,7,14-15H2,1-3H3,(H,27,31). The normalized spacial score (nSPS) is 11.5. The van der Waals surface area contributed by atoms with Crippen LogP contribution in [0.5, 0.6) is 0 Å². The lowest BCUT2D eigenvalue weighted by Crippen LogP contribution is -2.26. The third-order valence-electron chi connectivity index (χ3n) is 5.72. The molecule has 1 amide bonds. The monoisotopic (exact) mass is 476 g/mol. The number of carbonyl (C=O) groups excluding carboxylic acids is 1. The average Bonchev–Trinajstić information content (AvgIpc) is 3.11. The molecule has 1 aromatic heterocycles. The molecule has 0 saturated heterocycles. The number of amides is 1. The van der Waals surface area contributed by atoms with E-state index in [1.807, 2.05) is 44.2 Å². The molecule has 0 unspecified atom stereocenters. The van der Waals surface area contributed by atoms with Crippen molar-refractivity contribution in [2.45, 2.75) is 38.6 Å². The maximum absolute atomic E-state index is 12.9. The van der Waals surface area contributed by atoms with Crippen LogP contribution in [0.1, 0.15) is 33.7 Å². The minimum Gasteiger partial charge on any atom is -0.352 e. The molecule has 4 rings (SSSR count). The number of aromatic nitrogens is 2. The Bertz CT molecular complexity index is 1460. The Morgan fingerprint density at radius 3 is 2.56 bits per heavy atom. The second-order valence-electron chi connectivity index (χ2n) is 8.36. The Morgan fingerprint density at radius 1 is 0.971 bits per heavy atom. The zero-order chi connectivity index (χ0) is 24.3. The SMILES string of the molecule is Cc1cccc(NS(=O)(=O)c2ccc(C)c(C(=O)NCCCn3c(C)nc4ccccc43)c2)c1. The summed E-state index contributed by atoms with van der Waals surface area (Å²) in [7, 11) is -3.82. The number of sulfonamides is 1. The molecule has 7 nitrogen and oxygen atoms in total. The number of carbonyl (C=O) groups is 1. The predicted octanol–water partition coefficient (Wildman–Crippen LogP) is 4.58. The van der Waals surface area contributed by atoms with Gasteiger partial charge in [-0.25, -0.2) is 13.4 Å². The number of rotatable bonds is 8. The molecule has 0 atom stereocenters. The quantitative estimate of drug-likeness (QED) is 0.364. The van der Waals surface area contributed by atoms with Gasteiger partial charge >= 0.3 is 0 Å². The number of hydrogen-bond donors (Lipinski definition) is 2. The van der Waals surface area contributed by atoms with E-state index in [0.717, 1.165) is 35.4 Å². The van der Waals surface area contributed by atoms with Gasteiger partial charge in [0.05, 0.1) is 15.9 Å². The van der Waals surface area contributed by atoms with Crippen molar-refractivity contribution in [3.05, 3.63) is 89.2 Å². The Morgan fingerprint density at radius 2 is 1.76 bits per heavy atom. The molecule has 1 heterocycles. The van der Waals surface area contributed by atoms with Crippen LogP contribution in [-0.4, -0.2) is 30.4 Å². The molecule has 8 heteroatoms. The van der Waals surface area contributed by atoms with Gasteiger partial charge in [-0.15, -0.1) is 0 Å². The summed E-state index contributed by atoms with van der Waals surface area (Å²) < 4.78 is 30.5. The minimum atomic E-state index is -3.82. The van der Waals surface area contributed by atoms with Gasteiger partial charge in [0.2, 0.25) is 0 Å². The molecular weight excluding hydrogens is 448 g/mol. The molecule has 0 aliphatic heterocycles. The molecule has 0 fully saturated rings. The van der Waals surface area contributed by atoms with Gasteiger partial charge in [-0.1, -0.05) is 30.3 Å². The first-order chi connectivity index (χ1) is 16.2. The molecule has 3 aromatic carbocycles. The Labute approximate surface area is 199 Å². The summed E-state index contributed by atoms with van der Waals surface area (Å²) >= 11 is 0. The van der Waals surface area contributed by atoms with Crippen molar-refractivity contribution >= 4 is 32.7 Å². The van der Waals surface area contributed by atoms with E-state index in [4.69, 9.17) is 0 Å². The number of nitrogens with one attached hydrogen (secondary N) is 2. The number of fused-ring (bicyclic) bond motifs is 1. The van der Waals surface area contributed by atoms with Crippen LogP contribution < -0.4 is 10.0 Å². The first-order valence-corrected chi connectivity index (χ1v) is 12.6. The highest BCUT2D eigenvalue weighted by Crippen LogP contribution is 2.20. The number of hydrogen-bond acceptors (Lipinski definition) is 4. The average molecular weight is 477 g/mol. The molecular formula is C26H28N4O3S.